The summed E-state index contributed by atoms with van der Waals surface area (Å²) in [4.78, 5) is 7.58. The monoisotopic (exact) mass is 222 g/mol. The summed E-state index contributed by atoms with van der Waals surface area (Å²) < 4.78 is 17.6. The fourth-order valence-corrected chi connectivity index (χ4v) is 1.33. The van der Waals surface area contributed by atoms with Gasteiger partial charge in [-0.2, -0.15) is 0 Å². The van der Waals surface area contributed by atoms with Crippen molar-refractivity contribution in [2.75, 3.05) is 5.32 Å². The Labute approximate surface area is 91.7 Å². The molecular weight excluding hydrogens is 211 g/mol. The molecule has 0 bridgehead atoms. The van der Waals surface area contributed by atoms with Gasteiger partial charge in [-0.05, 0) is 13.8 Å². The van der Waals surface area contributed by atoms with Gasteiger partial charge in [-0.3, -0.25) is 0 Å². The van der Waals surface area contributed by atoms with E-state index in [0.29, 0.717) is 12.5 Å². The van der Waals surface area contributed by atoms with E-state index in [9.17, 15) is 4.39 Å². The van der Waals surface area contributed by atoms with Crippen molar-refractivity contribution in [1.29, 1.82) is 0 Å². The van der Waals surface area contributed by atoms with Gasteiger partial charge in [0.15, 0.2) is 5.82 Å². The molecule has 2 aromatic rings. The van der Waals surface area contributed by atoms with Crippen LogP contribution in [0.15, 0.2) is 16.9 Å². The van der Waals surface area contributed by atoms with E-state index < -0.39 is 5.82 Å². The van der Waals surface area contributed by atoms with E-state index in [-0.39, 0.29) is 0 Å². The largest absolute Gasteiger partial charge is 0.361 e. The SMILES string of the molecule is Cc1noc(C)c1CNc1ncc(F)cn1. The minimum absolute atomic E-state index is 0.376. The maximum absolute atomic E-state index is 12.6. The van der Waals surface area contributed by atoms with Gasteiger partial charge in [0, 0.05) is 12.1 Å². The minimum Gasteiger partial charge on any atom is -0.361 e. The van der Waals surface area contributed by atoms with Gasteiger partial charge < -0.3 is 9.84 Å². The van der Waals surface area contributed by atoms with Crippen molar-refractivity contribution in [3.05, 3.63) is 35.2 Å². The van der Waals surface area contributed by atoms with Crippen molar-refractivity contribution in [1.82, 2.24) is 15.1 Å². The third-order valence-corrected chi connectivity index (χ3v) is 2.22. The van der Waals surface area contributed by atoms with Crippen molar-refractivity contribution >= 4 is 5.95 Å². The Balaban J connectivity index is 2.05. The standard InChI is InChI=1S/C10H11FN4O/c1-6-9(7(2)16-15-6)5-14-10-12-3-8(11)4-13-10/h3-4H,5H2,1-2H3,(H,12,13,14). The summed E-state index contributed by atoms with van der Waals surface area (Å²) in [5, 5.41) is 6.79. The van der Waals surface area contributed by atoms with Crippen LogP contribution in [0.2, 0.25) is 0 Å². The molecule has 84 valence electrons. The zero-order chi connectivity index (χ0) is 11.5. The molecule has 0 atom stereocenters. The van der Waals surface area contributed by atoms with E-state index in [2.05, 4.69) is 20.4 Å². The number of hydrogen-bond acceptors (Lipinski definition) is 5. The number of anilines is 1. The number of halogens is 1. The minimum atomic E-state index is -0.456. The summed E-state index contributed by atoms with van der Waals surface area (Å²) in [5.41, 5.74) is 1.79. The first kappa shape index (κ1) is 10.5. The molecule has 5 nitrogen and oxygen atoms in total. The van der Waals surface area contributed by atoms with E-state index in [0.717, 1.165) is 29.4 Å². The molecule has 0 aliphatic heterocycles. The van der Waals surface area contributed by atoms with Crippen LogP contribution < -0.4 is 5.32 Å². The zero-order valence-corrected chi connectivity index (χ0v) is 8.99. The van der Waals surface area contributed by atoms with Crippen molar-refractivity contribution in [3.63, 3.8) is 0 Å². The zero-order valence-electron chi connectivity index (χ0n) is 8.99. The van der Waals surface area contributed by atoms with Crippen LogP contribution in [0.4, 0.5) is 10.3 Å². The molecule has 0 aromatic carbocycles. The molecule has 2 rings (SSSR count). The second-order valence-electron chi connectivity index (χ2n) is 3.38. The molecule has 16 heavy (non-hydrogen) atoms. The molecular formula is C10H11FN4O. The molecule has 0 aliphatic carbocycles. The van der Waals surface area contributed by atoms with Crippen molar-refractivity contribution in [2.24, 2.45) is 0 Å². The quantitative estimate of drug-likeness (QED) is 0.858. The van der Waals surface area contributed by atoms with Gasteiger partial charge in [-0.15, -0.1) is 0 Å². The lowest BCUT2D eigenvalue weighted by atomic mass is 10.2. The topological polar surface area (TPSA) is 63.8 Å². The summed E-state index contributed by atoms with van der Waals surface area (Å²) in [6.45, 7) is 4.20. The van der Waals surface area contributed by atoms with Crippen LogP contribution in [0.25, 0.3) is 0 Å². The smallest absolute Gasteiger partial charge is 0.223 e. The molecule has 2 heterocycles. The first-order valence-corrected chi connectivity index (χ1v) is 4.80. The number of nitrogens with zero attached hydrogens (tertiary/aromatic N) is 3. The molecule has 6 heteroatoms. The number of hydrogen-bond donors (Lipinski definition) is 1. The van der Waals surface area contributed by atoms with Gasteiger partial charge in [0.25, 0.3) is 0 Å². The summed E-state index contributed by atoms with van der Waals surface area (Å²) in [5.74, 6) is 0.677. The lowest BCUT2D eigenvalue weighted by Crippen LogP contribution is -2.04. The fourth-order valence-electron chi connectivity index (χ4n) is 1.33. The van der Waals surface area contributed by atoms with Gasteiger partial charge in [0.2, 0.25) is 5.95 Å². The number of aryl methyl sites for hydroxylation is 2. The maximum atomic E-state index is 12.6. The van der Waals surface area contributed by atoms with Crippen LogP contribution in [0, 0.1) is 19.7 Å². The highest BCUT2D eigenvalue weighted by molar-refractivity contribution is 5.29. The Bertz CT molecular complexity index is 461. The number of aromatic nitrogens is 3. The number of nitrogens with one attached hydrogen (secondary N) is 1. The summed E-state index contributed by atoms with van der Waals surface area (Å²) in [6, 6.07) is 0. The second-order valence-corrected chi connectivity index (χ2v) is 3.38. The van der Waals surface area contributed by atoms with E-state index >= 15 is 0 Å². The normalized spacial score (nSPS) is 10.4. The highest BCUT2D eigenvalue weighted by Gasteiger charge is 2.08. The van der Waals surface area contributed by atoms with Crippen molar-refractivity contribution in [3.8, 4) is 0 Å². The third-order valence-electron chi connectivity index (χ3n) is 2.22. The van der Waals surface area contributed by atoms with Crippen LogP contribution in [0.3, 0.4) is 0 Å². The molecule has 0 aliphatic rings. The Kier molecular flexibility index (Phi) is 2.80. The Morgan fingerprint density at radius 3 is 2.56 bits per heavy atom. The average Bonchev–Trinajstić information content (AvgIpc) is 2.59. The van der Waals surface area contributed by atoms with Gasteiger partial charge >= 0.3 is 0 Å². The van der Waals surface area contributed by atoms with E-state index in [4.69, 9.17) is 4.52 Å². The van der Waals surface area contributed by atoms with E-state index in [1.807, 2.05) is 13.8 Å². The first-order chi connectivity index (χ1) is 7.66. The average molecular weight is 222 g/mol. The van der Waals surface area contributed by atoms with E-state index in [1.165, 1.54) is 0 Å². The van der Waals surface area contributed by atoms with Crippen LogP contribution >= 0.6 is 0 Å². The Hall–Kier alpha value is -1.98. The molecule has 0 saturated carbocycles. The fraction of sp³-hybridized carbons (Fsp3) is 0.300. The Morgan fingerprint density at radius 1 is 1.31 bits per heavy atom. The first-order valence-electron chi connectivity index (χ1n) is 4.80. The highest BCUT2D eigenvalue weighted by Crippen LogP contribution is 2.13. The maximum Gasteiger partial charge on any atom is 0.223 e. The lowest BCUT2D eigenvalue weighted by Gasteiger charge is -2.03. The second kappa shape index (κ2) is 4.26. The number of rotatable bonds is 3. The molecule has 1 N–H and O–H groups in total. The molecule has 0 fully saturated rings. The summed E-state index contributed by atoms with van der Waals surface area (Å²) in [6.07, 6.45) is 2.23. The van der Waals surface area contributed by atoms with Crippen molar-refractivity contribution < 1.29 is 8.91 Å². The molecule has 0 radical (unpaired) electrons. The van der Waals surface area contributed by atoms with Gasteiger partial charge in [-0.25, -0.2) is 14.4 Å². The van der Waals surface area contributed by atoms with Crippen LogP contribution in [-0.4, -0.2) is 15.1 Å². The predicted octanol–water partition coefficient (Wildman–Crippen LogP) is 1.83. The highest BCUT2D eigenvalue weighted by atomic mass is 19.1. The van der Waals surface area contributed by atoms with Crippen molar-refractivity contribution in [2.45, 2.75) is 20.4 Å². The molecule has 0 amide bonds. The Morgan fingerprint density at radius 2 is 2.00 bits per heavy atom. The third kappa shape index (κ3) is 2.16. The van der Waals surface area contributed by atoms with Crippen LogP contribution in [0.1, 0.15) is 17.0 Å². The summed E-state index contributed by atoms with van der Waals surface area (Å²) >= 11 is 0. The molecule has 2 aromatic heterocycles. The van der Waals surface area contributed by atoms with Gasteiger partial charge in [-0.1, -0.05) is 5.16 Å². The van der Waals surface area contributed by atoms with Gasteiger partial charge in [0.1, 0.15) is 5.76 Å². The predicted molar refractivity (Wildman–Crippen MR) is 55.3 cm³/mol. The lowest BCUT2D eigenvalue weighted by molar-refractivity contribution is 0.392. The molecule has 0 saturated heterocycles. The van der Waals surface area contributed by atoms with Gasteiger partial charge in [0.05, 0.1) is 18.1 Å². The summed E-state index contributed by atoms with van der Waals surface area (Å²) in [7, 11) is 0. The van der Waals surface area contributed by atoms with Crippen LogP contribution in [-0.2, 0) is 6.54 Å². The molecule has 0 spiro atoms. The van der Waals surface area contributed by atoms with Crippen LogP contribution in [0.5, 0.6) is 0 Å². The van der Waals surface area contributed by atoms with E-state index in [1.54, 1.807) is 0 Å². The molecule has 0 unspecified atom stereocenters.